The Bertz CT molecular complexity index is 721. The Morgan fingerprint density at radius 3 is 2.83 bits per heavy atom. The van der Waals surface area contributed by atoms with Crippen LogP contribution in [-0.4, -0.2) is 51.7 Å². The van der Waals surface area contributed by atoms with Crippen molar-refractivity contribution in [2.45, 2.75) is 19.9 Å². The number of hydrogen-bond acceptors (Lipinski definition) is 5. The van der Waals surface area contributed by atoms with E-state index >= 15 is 0 Å². The fourth-order valence-electron chi connectivity index (χ4n) is 2.75. The van der Waals surface area contributed by atoms with Crippen molar-refractivity contribution >= 4 is 5.91 Å². The van der Waals surface area contributed by atoms with Gasteiger partial charge in [0.15, 0.2) is 0 Å². The number of ether oxygens (including phenoxy) is 1. The molecule has 1 N–H and O–H groups in total. The van der Waals surface area contributed by atoms with Gasteiger partial charge in [0.25, 0.3) is 5.91 Å². The molecule has 0 fully saturated rings. The van der Waals surface area contributed by atoms with Gasteiger partial charge in [0.05, 0.1) is 19.3 Å². The smallest absolute Gasteiger partial charge is 0.259 e. The molecule has 0 aliphatic carbocycles. The molecule has 24 heavy (non-hydrogen) atoms. The van der Waals surface area contributed by atoms with Crippen LogP contribution in [0.2, 0.25) is 0 Å². The standard InChI is InChI=1S/C18H21N3O3/c1-12-9-21(13(2)10-22)18(23)16-7-15(8-20-17(16)24-11-12)14-3-5-19-6-4-14/h3-8,12-13,22H,9-11H2,1-2H3/t12?,13-/m0/s1. The molecule has 1 amide bonds. The van der Waals surface area contributed by atoms with Crippen molar-refractivity contribution in [3.8, 4) is 17.0 Å². The second kappa shape index (κ2) is 6.97. The van der Waals surface area contributed by atoms with Crippen molar-refractivity contribution in [2.75, 3.05) is 19.8 Å². The van der Waals surface area contributed by atoms with Crippen LogP contribution in [0.1, 0.15) is 24.2 Å². The van der Waals surface area contributed by atoms with Crippen LogP contribution in [0, 0.1) is 5.92 Å². The van der Waals surface area contributed by atoms with E-state index in [0.29, 0.717) is 24.6 Å². The zero-order valence-electron chi connectivity index (χ0n) is 13.8. The highest BCUT2D eigenvalue weighted by Crippen LogP contribution is 2.27. The number of hydrogen-bond donors (Lipinski definition) is 1. The Morgan fingerprint density at radius 1 is 1.38 bits per heavy atom. The number of rotatable bonds is 3. The number of nitrogens with zero attached hydrogens (tertiary/aromatic N) is 3. The van der Waals surface area contributed by atoms with Crippen LogP contribution in [0.25, 0.3) is 11.1 Å². The van der Waals surface area contributed by atoms with E-state index in [2.05, 4.69) is 9.97 Å². The molecule has 126 valence electrons. The molecule has 0 aromatic carbocycles. The van der Waals surface area contributed by atoms with E-state index in [1.807, 2.05) is 26.0 Å². The van der Waals surface area contributed by atoms with Crippen molar-refractivity contribution in [1.82, 2.24) is 14.9 Å². The van der Waals surface area contributed by atoms with E-state index in [1.165, 1.54) is 0 Å². The van der Waals surface area contributed by atoms with Crippen LogP contribution in [-0.2, 0) is 0 Å². The lowest BCUT2D eigenvalue weighted by molar-refractivity contribution is 0.0520. The van der Waals surface area contributed by atoms with Gasteiger partial charge in [-0.25, -0.2) is 4.98 Å². The monoisotopic (exact) mass is 327 g/mol. The molecule has 0 saturated heterocycles. The molecule has 3 heterocycles. The van der Waals surface area contributed by atoms with Gasteiger partial charge in [0.1, 0.15) is 5.56 Å². The van der Waals surface area contributed by atoms with E-state index in [4.69, 9.17) is 4.74 Å². The molecular weight excluding hydrogens is 306 g/mol. The summed E-state index contributed by atoms with van der Waals surface area (Å²) >= 11 is 0. The highest BCUT2D eigenvalue weighted by atomic mass is 16.5. The minimum atomic E-state index is -0.254. The lowest BCUT2D eigenvalue weighted by Gasteiger charge is -2.33. The summed E-state index contributed by atoms with van der Waals surface area (Å²) in [5.74, 6) is 0.346. The summed E-state index contributed by atoms with van der Waals surface area (Å²) in [6.45, 7) is 4.80. The average Bonchev–Trinajstić information content (AvgIpc) is 2.63. The zero-order chi connectivity index (χ0) is 17.1. The predicted molar refractivity (Wildman–Crippen MR) is 89.7 cm³/mol. The number of pyridine rings is 2. The Morgan fingerprint density at radius 2 is 2.12 bits per heavy atom. The van der Waals surface area contributed by atoms with E-state index < -0.39 is 0 Å². The van der Waals surface area contributed by atoms with Gasteiger partial charge in [-0.1, -0.05) is 6.92 Å². The molecule has 2 aromatic heterocycles. The topological polar surface area (TPSA) is 75.6 Å². The fraction of sp³-hybridized carbons (Fsp3) is 0.389. The SMILES string of the molecule is CC1COc2ncc(-c3ccncc3)cc2C(=O)N([C@@H](C)CO)C1. The van der Waals surface area contributed by atoms with Crippen LogP contribution in [0.5, 0.6) is 5.88 Å². The minimum Gasteiger partial charge on any atom is -0.477 e. The number of aromatic nitrogens is 2. The van der Waals surface area contributed by atoms with Gasteiger partial charge in [0.2, 0.25) is 5.88 Å². The first-order valence-electron chi connectivity index (χ1n) is 8.05. The van der Waals surface area contributed by atoms with Gasteiger partial charge in [-0.3, -0.25) is 9.78 Å². The van der Waals surface area contributed by atoms with Crippen LogP contribution in [0.15, 0.2) is 36.8 Å². The Balaban J connectivity index is 2.04. The van der Waals surface area contributed by atoms with Gasteiger partial charge in [-0.15, -0.1) is 0 Å². The van der Waals surface area contributed by atoms with Crippen LogP contribution < -0.4 is 4.74 Å². The van der Waals surface area contributed by atoms with Gasteiger partial charge >= 0.3 is 0 Å². The second-order valence-corrected chi connectivity index (χ2v) is 6.22. The lowest BCUT2D eigenvalue weighted by Crippen LogP contribution is -2.45. The molecule has 6 heteroatoms. The molecule has 1 aliphatic rings. The zero-order valence-corrected chi connectivity index (χ0v) is 13.8. The maximum absolute atomic E-state index is 13.0. The second-order valence-electron chi connectivity index (χ2n) is 6.22. The average molecular weight is 327 g/mol. The molecule has 0 radical (unpaired) electrons. The quantitative estimate of drug-likeness (QED) is 0.933. The van der Waals surface area contributed by atoms with Crippen molar-refractivity contribution in [3.05, 3.63) is 42.4 Å². The Hall–Kier alpha value is -2.47. The first kappa shape index (κ1) is 16.4. The van der Waals surface area contributed by atoms with Gasteiger partial charge in [-0.2, -0.15) is 0 Å². The van der Waals surface area contributed by atoms with Crippen molar-refractivity contribution in [1.29, 1.82) is 0 Å². The van der Waals surface area contributed by atoms with Crippen LogP contribution in [0.4, 0.5) is 0 Å². The summed E-state index contributed by atoms with van der Waals surface area (Å²) < 4.78 is 5.73. The molecule has 2 aromatic rings. The number of carbonyl (C=O) groups is 1. The molecule has 3 rings (SSSR count). The summed E-state index contributed by atoms with van der Waals surface area (Å²) in [6.07, 6.45) is 5.10. The number of fused-ring (bicyclic) bond motifs is 1. The summed E-state index contributed by atoms with van der Waals surface area (Å²) in [5, 5.41) is 9.49. The number of amides is 1. The first-order valence-corrected chi connectivity index (χ1v) is 8.05. The highest BCUT2D eigenvalue weighted by molar-refractivity contribution is 5.97. The number of aliphatic hydroxyl groups excluding tert-OH is 1. The van der Waals surface area contributed by atoms with Gasteiger partial charge in [0, 0.05) is 36.6 Å². The maximum atomic E-state index is 13.0. The number of aliphatic hydroxyl groups is 1. The van der Waals surface area contributed by atoms with E-state index in [9.17, 15) is 9.90 Å². The molecule has 2 atom stereocenters. The molecule has 0 spiro atoms. The van der Waals surface area contributed by atoms with Gasteiger partial charge in [-0.05, 0) is 30.7 Å². The summed E-state index contributed by atoms with van der Waals surface area (Å²) in [4.78, 5) is 23.1. The molecular formula is C18H21N3O3. The Labute approximate surface area is 141 Å². The molecule has 0 bridgehead atoms. The highest BCUT2D eigenvalue weighted by Gasteiger charge is 2.29. The third-order valence-corrected chi connectivity index (χ3v) is 4.17. The maximum Gasteiger partial charge on any atom is 0.259 e. The summed E-state index contributed by atoms with van der Waals surface area (Å²) in [7, 11) is 0. The summed E-state index contributed by atoms with van der Waals surface area (Å²) in [6, 6.07) is 5.28. The molecule has 6 nitrogen and oxygen atoms in total. The minimum absolute atomic E-state index is 0.0773. The van der Waals surface area contributed by atoms with Gasteiger partial charge < -0.3 is 14.7 Å². The van der Waals surface area contributed by atoms with Crippen molar-refractivity contribution in [3.63, 3.8) is 0 Å². The fourth-order valence-corrected chi connectivity index (χ4v) is 2.75. The summed E-state index contributed by atoms with van der Waals surface area (Å²) in [5.41, 5.74) is 2.19. The normalized spacial score (nSPS) is 19.0. The Kier molecular flexibility index (Phi) is 4.76. The molecule has 0 saturated carbocycles. The third-order valence-electron chi connectivity index (χ3n) is 4.17. The first-order chi connectivity index (χ1) is 11.6. The predicted octanol–water partition coefficient (Wildman–Crippen LogP) is 2.00. The lowest BCUT2D eigenvalue weighted by atomic mass is 10.0. The largest absolute Gasteiger partial charge is 0.477 e. The number of carbonyl (C=O) groups excluding carboxylic acids is 1. The molecule has 1 aliphatic heterocycles. The van der Waals surface area contributed by atoms with E-state index in [0.717, 1.165) is 11.1 Å². The van der Waals surface area contributed by atoms with E-state index in [1.54, 1.807) is 29.6 Å². The van der Waals surface area contributed by atoms with E-state index in [-0.39, 0.29) is 24.5 Å². The third kappa shape index (κ3) is 3.23. The van der Waals surface area contributed by atoms with Crippen molar-refractivity contribution < 1.29 is 14.6 Å². The molecule has 1 unspecified atom stereocenters. The van der Waals surface area contributed by atoms with Crippen molar-refractivity contribution in [2.24, 2.45) is 5.92 Å². The van der Waals surface area contributed by atoms with Crippen LogP contribution in [0.3, 0.4) is 0 Å². The van der Waals surface area contributed by atoms with Crippen LogP contribution >= 0.6 is 0 Å².